The topological polar surface area (TPSA) is 64.1 Å². The van der Waals surface area contributed by atoms with Crippen molar-refractivity contribution in [1.82, 2.24) is 9.78 Å². The van der Waals surface area contributed by atoms with E-state index in [-0.39, 0.29) is 6.54 Å². The Morgan fingerprint density at radius 2 is 2.46 bits per heavy atom. The van der Waals surface area contributed by atoms with Crippen molar-refractivity contribution in [2.45, 2.75) is 18.4 Å². The molecule has 1 saturated carbocycles. The van der Waals surface area contributed by atoms with Crippen LogP contribution >= 0.6 is 0 Å². The molecule has 0 saturated heterocycles. The van der Waals surface area contributed by atoms with Crippen molar-refractivity contribution in [1.29, 1.82) is 0 Å². The maximum Gasteiger partial charge on any atom is 0.121 e. The van der Waals surface area contributed by atoms with Crippen LogP contribution in [0.5, 0.6) is 0 Å². The molecule has 0 aliphatic heterocycles. The van der Waals surface area contributed by atoms with E-state index >= 15 is 0 Å². The van der Waals surface area contributed by atoms with Gasteiger partial charge >= 0.3 is 0 Å². The molecule has 4 heteroatoms. The van der Waals surface area contributed by atoms with Crippen LogP contribution in [0.25, 0.3) is 0 Å². The molecular formula is C9H15N3O. The van der Waals surface area contributed by atoms with Crippen LogP contribution in [0.15, 0.2) is 12.3 Å². The monoisotopic (exact) mass is 181 g/mol. The average molecular weight is 181 g/mol. The lowest BCUT2D eigenvalue weighted by molar-refractivity contribution is 0.0142. The van der Waals surface area contributed by atoms with Gasteiger partial charge in [-0.25, -0.2) is 0 Å². The van der Waals surface area contributed by atoms with Crippen LogP contribution in [0, 0.1) is 5.92 Å². The zero-order chi connectivity index (χ0) is 9.47. The van der Waals surface area contributed by atoms with Crippen LogP contribution in [-0.4, -0.2) is 21.4 Å². The standard InChI is InChI=1S/C9H15N3O/c1-12-8(4-5-11-12)9(13,6-10)7-2-3-7/h4-5,7,13H,2-3,6,10H2,1H3. The van der Waals surface area contributed by atoms with Gasteiger partial charge in [0.2, 0.25) is 0 Å². The zero-order valence-corrected chi connectivity index (χ0v) is 7.77. The number of hydrogen-bond donors (Lipinski definition) is 2. The van der Waals surface area contributed by atoms with Crippen molar-refractivity contribution in [3.8, 4) is 0 Å². The van der Waals surface area contributed by atoms with Crippen molar-refractivity contribution in [3.63, 3.8) is 0 Å². The summed E-state index contributed by atoms with van der Waals surface area (Å²) in [6.45, 7) is 0.275. The maximum absolute atomic E-state index is 10.3. The van der Waals surface area contributed by atoms with Gasteiger partial charge in [0.25, 0.3) is 0 Å². The quantitative estimate of drug-likeness (QED) is 0.688. The predicted octanol–water partition coefficient (Wildman–Crippen LogP) is -0.0236. The number of aliphatic hydroxyl groups is 1. The third-order valence-corrected chi connectivity index (χ3v) is 2.83. The second kappa shape index (κ2) is 2.82. The summed E-state index contributed by atoms with van der Waals surface area (Å²) in [6, 6.07) is 1.84. The Hall–Kier alpha value is -0.870. The number of nitrogens with two attached hydrogens (primary N) is 1. The lowest BCUT2D eigenvalue weighted by atomic mass is 9.94. The Morgan fingerprint density at radius 3 is 2.85 bits per heavy atom. The van der Waals surface area contributed by atoms with Crippen LogP contribution in [0.3, 0.4) is 0 Å². The van der Waals surface area contributed by atoms with Gasteiger partial charge in [-0.1, -0.05) is 0 Å². The van der Waals surface area contributed by atoms with Crippen molar-refractivity contribution >= 4 is 0 Å². The molecule has 72 valence electrons. The number of aryl methyl sites for hydroxylation is 1. The third-order valence-electron chi connectivity index (χ3n) is 2.83. The summed E-state index contributed by atoms with van der Waals surface area (Å²) >= 11 is 0. The Balaban J connectivity index is 2.35. The molecule has 0 amide bonds. The minimum Gasteiger partial charge on any atom is -0.382 e. The molecule has 1 aromatic heterocycles. The highest BCUT2D eigenvalue weighted by Gasteiger charge is 2.45. The zero-order valence-electron chi connectivity index (χ0n) is 7.77. The van der Waals surface area contributed by atoms with Crippen LogP contribution in [0.4, 0.5) is 0 Å². The first kappa shape index (κ1) is 8.72. The van der Waals surface area contributed by atoms with Crippen molar-refractivity contribution in [2.24, 2.45) is 18.7 Å². The fourth-order valence-corrected chi connectivity index (χ4v) is 1.84. The molecule has 1 aromatic rings. The van der Waals surface area contributed by atoms with Crippen LogP contribution in [0.1, 0.15) is 18.5 Å². The van der Waals surface area contributed by atoms with E-state index in [9.17, 15) is 5.11 Å². The van der Waals surface area contributed by atoms with Gasteiger partial charge in [-0.2, -0.15) is 5.10 Å². The Labute approximate surface area is 77.4 Å². The van der Waals surface area contributed by atoms with E-state index in [4.69, 9.17) is 5.73 Å². The largest absolute Gasteiger partial charge is 0.382 e. The van der Waals surface area contributed by atoms with E-state index in [1.165, 1.54) is 0 Å². The van der Waals surface area contributed by atoms with Crippen molar-refractivity contribution in [2.75, 3.05) is 6.54 Å². The Kier molecular flexibility index (Phi) is 1.89. The van der Waals surface area contributed by atoms with E-state index in [0.717, 1.165) is 18.5 Å². The van der Waals surface area contributed by atoms with E-state index < -0.39 is 5.60 Å². The highest BCUT2D eigenvalue weighted by atomic mass is 16.3. The van der Waals surface area contributed by atoms with Gasteiger partial charge in [0.05, 0.1) is 5.69 Å². The molecule has 0 spiro atoms. The highest BCUT2D eigenvalue weighted by Crippen LogP contribution is 2.44. The molecule has 1 aliphatic rings. The summed E-state index contributed by atoms with van der Waals surface area (Å²) in [5.74, 6) is 0.327. The van der Waals surface area contributed by atoms with Crippen molar-refractivity contribution < 1.29 is 5.11 Å². The molecule has 13 heavy (non-hydrogen) atoms. The summed E-state index contributed by atoms with van der Waals surface area (Å²) in [5, 5.41) is 14.4. The molecule has 1 unspecified atom stereocenters. The van der Waals surface area contributed by atoms with Gasteiger partial charge in [-0.3, -0.25) is 4.68 Å². The van der Waals surface area contributed by atoms with E-state index in [0.29, 0.717) is 5.92 Å². The summed E-state index contributed by atoms with van der Waals surface area (Å²) < 4.78 is 1.70. The fourth-order valence-electron chi connectivity index (χ4n) is 1.84. The number of rotatable bonds is 3. The molecule has 1 aliphatic carbocycles. The Morgan fingerprint density at radius 1 is 1.77 bits per heavy atom. The fraction of sp³-hybridized carbons (Fsp3) is 0.667. The second-order valence-corrected chi connectivity index (χ2v) is 3.74. The van der Waals surface area contributed by atoms with Crippen LogP contribution < -0.4 is 5.73 Å². The molecular weight excluding hydrogens is 166 g/mol. The predicted molar refractivity (Wildman–Crippen MR) is 48.9 cm³/mol. The van der Waals surface area contributed by atoms with Gasteiger partial charge in [-0.05, 0) is 24.8 Å². The first-order chi connectivity index (χ1) is 6.18. The average Bonchev–Trinajstić information content (AvgIpc) is 2.89. The number of aromatic nitrogens is 2. The lowest BCUT2D eigenvalue weighted by Crippen LogP contribution is -2.38. The molecule has 4 nitrogen and oxygen atoms in total. The van der Waals surface area contributed by atoms with Crippen LogP contribution in [-0.2, 0) is 12.6 Å². The van der Waals surface area contributed by atoms with Gasteiger partial charge < -0.3 is 10.8 Å². The number of hydrogen-bond acceptors (Lipinski definition) is 3. The van der Waals surface area contributed by atoms with E-state index in [1.54, 1.807) is 10.9 Å². The maximum atomic E-state index is 10.3. The summed E-state index contributed by atoms with van der Waals surface area (Å²) in [4.78, 5) is 0. The smallest absolute Gasteiger partial charge is 0.121 e. The van der Waals surface area contributed by atoms with E-state index in [2.05, 4.69) is 5.10 Å². The minimum atomic E-state index is -0.856. The minimum absolute atomic E-state index is 0.275. The first-order valence-corrected chi connectivity index (χ1v) is 4.59. The van der Waals surface area contributed by atoms with E-state index in [1.807, 2.05) is 13.1 Å². The molecule has 3 N–H and O–H groups in total. The summed E-state index contributed by atoms with van der Waals surface area (Å²) in [5.41, 5.74) is 5.59. The van der Waals surface area contributed by atoms with Gasteiger partial charge in [0, 0.05) is 19.8 Å². The number of nitrogens with zero attached hydrogens (tertiary/aromatic N) is 2. The Bertz CT molecular complexity index is 306. The summed E-state index contributed by atoms with van der Waals surface area (Å²) in [6.07, 6.45) is 3.83. The SMILES string of the molecule is Cn1nccc1C(O)(CN)C1CC1. The molecule has 0 aromatic carbocycles. The van der Waals surface area contributed by atoms with Crippen LogP contribution in [0.2, 0.25) is 0 Å². The molecule has 1 atom stereocenters. The second-order valence-electron chi connectivity index (χ2n) is 3.74. The molecule has 0 radical (unpaired) electrons. The normalized spacial score (nSPS) is 21.5. The molecule has 0 bridgehead atoms. The van der Waals surface area contributed by atoms with Gasteiger partial charge in [-0.15, -0.1) is 0 Å². The van der Waals surface area contributed by atoms with Gasteiger partial charge in [0.1, 0.15) is 5.60 Å². The highest BCUT2D eigenvalue weighted by molar-refractivity contribution is 5.16. The first-order valence-electron chi connectivity index (χ1n) is 4.59. The van der Waals surface area contributed by atoms with Gasteiger partial charge in [0.15, 0.2) is 0 Å². The van der Waals surface area contributed by atoms with Crippen molar-refractivity contribution in [3.05, 3.63) is 18.0 Å². The molecule has 2 rings (SSSR count). The molecule has 1 heterocycles. The lowest BCUT2D eigenvalue weighted by Gasteiger charge is -2.26. The summed E-state index contributed by atoms with van der Waals surface area (Å²) in [7, 11) is 1.83. The third kappa shape index (κ3) is 1.26. The molecule has 1 fully saturated rings.